The average molecular weight is 493 g/mol. The number of benzene rings is 3. The normalized spacial score (nSPS) is 13.9. The molecule has 0 N–H and O–H groups in total. The quantitative estimate of drug-likeness (QED) is 0.198. The van der Waals surface area contributed by atoms with E-state index in [1.165, 1.54) is 18.4 Å². The SMILES string of the molecule is COc1ccc(OCCOC(C)Oc2ccc(C(CCC(C)(C)C)C(C)(C)C)cc2)c2ccccc12. The van der Waals surface area contributed by atoms with Crippen LogP contribution >= 0.6 is 0 Å². The molecule has 0 aromatic heterocycles. The molecule has 2 unspecified atom stereocenters. The molecule has 3 aromatic carbocycles. The molecule has 0 saturated heterocycles. The van der Waals surface area contributed by atoms with Gasteiger partial charge in [0.15, 0.2) is 6.29 Å². The Kier molecular flexibility index (Phi) is 9.30. The van der Waals surface area contributed by atoms with Gasteiger partial charge < -0.3 is 18.9 Å². The minimum atomic E-state index is -0.369. The Morgan fingerprint density at radius 1 is 0.750 bits per heavy atom. The van der Waals surface area contributed by atoms with Crippen LogP contribution in [-0.4, -0.2) is 26.6 Å². The average Bonchev–Trinajstić information content (AvgIpc) is 2.81. The first-order valence-electron chi connectivity index (χ1n) is 13.0. The summed E-state index contributed by atoms with van der Waals surface area (Å²) in [6, 6.07) is 20.5. The van der Waals surface area contributed by atoms with E-state index in [2.05, 4.69) is 65.8 Å². The van der Waals surface area contributed by atoms with Crippen LogP contribution in [0.4, 0.5) is 0 Å². The van der Waals surface area contributed by atoms with Crippen molar-refractivity contribution < 1.29 is 18.9 Å². The minimum Gasteiger partial charge on any atom is -0.496 e. The molecule has 0 radical (unpaired) electrons. The monoisotopic (exact) mass is 492 g/mol. The number of rotatable bonds is 11. The van der Waals surface area contributed by atoms with Crippen molar-refractivity contribution in [3.63, 3.8) is 0 Å². The van der Waals surface area contributed by atoms with E-state index in [1.54, 1.807) is 7.11 Å². The van der Waals surface area contributed by atoms with E-state index in [0.717, 1.165) is 28.0 Å². The molecule has 3 aromatic rings. The van der Waals surface area contributed by atoms with Crippen molar-refractivity contribution >= 4 is 10.8 Å². The predicted molar refractivity (Wildman–Crippen MR) is 149 cm³/mol. The van der Waals surface area contributed by atoms with E-state index in [0.29, 0.717) is 24.5 Å². The fourth-order valence-corrected chi connectivity index (χ4v) is 4.59. The Labute approximate surface area is 217 Å². The summed E-state index contributed by atoms with van der Waals surface area (Å²) in [5.74, 6) is 2.98. The highest BCUT2D eigenvalue weighted by Gasteiger charge is 2.27. The van der Waals surface area contributed by atoms with Crippen LogP contribution in [0.1, 0.15) is 72.8 Å². The van der Waals surface area contributed by atoms with Crippen molar-refractivity contribution in [2.45, 2.75) is 73.5 Å². The highest BCUT2D eigenvalue weighted by Crippen LogP contribution is 2.41. The molecule has 3 rings (SSSR count). The number of ether oxygens (including phenoxy) is 4. The molecule has 196 valence electrons. The van der Waals surface area contributed by atoms with Crippen LogP contribution in [-0.2, 0) is 4.74 Å². The lowest BCUT2D eigenvalue weighted by Crippen LogP contribution is -2.21. The van der Waals surface area contributed by atoms with E-state index in [4.69, 9.17) is 18.9 Å². The second-order valence-corrected chi connectivity index (χ2v) is 11.8. The van der Waals surface area contributed by atoms with Gasteiger partial charge in [0.05, 0.1) is 13.7 Å². The van der Waals surface area contributed by atoms with Crippen LogP contribution in [0.15, 0.2) is 60.7 Å². The second kappa shape index (κ2) is 12.0. The number of fused-ring (bicyclic) bond motifs is 1. The summed E-state index contributed by atoms with van der Waals surface area (Å²) in [4.78, 5) is 0. The van der Waals surface area contributed by atoms with E-state index in [1.807, 2.05) is 43.3 Å². The van der Waals surface area contributed by atoms with Crippen molar-refractivity contribution in [3.8, 4) is 17.2 Å². The maximum Gasteiger partial charge on any atom is 0.197 e. The Morgan fingerprint density at radius 3 is 1.94 bits per heavy atom. The zero-order valence-corrected chi connectivity index (χ0v) is 23.4. The molecule has 0 bridgehead atoms. The van der Waals surface area contributed by atoms with Crippen molar-refractivity contribution in [3.05, 3.63) is 66.2 Å². The molecule has 0 aliphatic heterocycles. The maximum atomic E-state index is 6.01. The van der Waals surface area contributed by atoms with E-state index in [-0.39, 0.29) is 11.7 Å². The molecular formula is C32H44O4. The first-order valence-corrected chi connectivity index (χ1v) is 13.0. The van der Waals surface area contributed by atoms with Gasteiger partial charge in [-0.05, 0) is 66.3 Å². The Bertz CT molecular complexity index is 1090. The fraction of sp³-hybridized carbons (Fsp3) is 0.500. The number of hydrogen-bond donors (Lipinski definition) is 0. The maximum absolute atomic E-state index is 6.01. The molecule has 0 fully saturated rings. The number of hydrogen-bond acceptors (Lipinski definition) is 4. The Morgan fingerprint density at radius 2 is 1.36 bits per heavy atom. The van der Waals surface area contributed by atoms with E-state index < -0.39 is 0 Å². The van der Waals surface area contributed by atoms with Crippen LogP contribution in [0, 0.1) is 10.8 Å². The van der Waals surface area contributed by atoms with Crippen molar-refractivity contribution in [1.82, 2.24) is 0 Å². The molecule has 0 heterocycles. The molecule has 0 spiro atoms. The minimum absolute atomic E-state index is 0.208. The van der Waals surface area contributed by atoms with Crippen LogP contribution in [0.2, 0.25) is 0 Å². The molecule has 0 aliphatic carbocycles. The van der Waals surface area contributed by atoms with E-state index >= 15 is 0 Å². The molecule has 4 nitrogen and oxygen atoms in total. The zero-order chi connectivity index (χ0) is 26.3. The van der Waals surface area contributed by atoms with Gasteiger partial charge in [-0.2, -0.15) is 0 Å². The van der Waals surface area contributed by atoms with Crippen LogP contribution in [0.25, 0.3) is 10.8 Å². The first kappa shape index (κ1) is 27.9. The van der Waals surface area contributed by atoms with Gasteiger partial charge in [0.25, 0.3) is 0 Å². The van der Waals surface area contributed by atoms with E-state index in [9.17, 15) is 0 Å². The summed E-state index contributed by atoms with van der Waals surface area (Å²) < 4.78 is 23.3. The molecular weight excluding hydrogens is 448 g/mol. The van der Waals surface area contributed by atoms with Gasteiger partial charge in [0.1, 0.15) is 23.9 Å². The Hall–Kier alpha value is -2.72. The lowest BCUT2D eigenvalue weighted by molar-refractivity contribution is -0.0738. The Balaban J connectivity index is 1.51. The number of methoxy groups -OCH3 is 1. The third-order valence-corrected chi connectivity index (χ3v) is 6.57. The summed E-state index contributed by atoms with van der Waals surface area (Å²) in [6.07, 6.45) is 2.01. The first-order chi connectivity index (χ1) is 17.0. The third kappa shape index (κ3) is 7.89. The van der Waals surface area contributed by atoms with Gasteiger partial charge in [0, 0.05) is 10.8 Å². The zero-order valence-electron chi connectivity index (χ0n) is 23.4. The summed E-state index contributed by atoms with van der Waals surface area (Å²) in [5.41, 5.74) is 1.91. The van der Waals surface area contributed by atoms with Crippen LogP contribution in [0.3, 0.4) is 0 Å². The van der Waals surface area contributed by atoms with Gasteiger partial charge >= 0.3 is 0 Å². The third-order valence-electron chi connectivity index (χ3n) is 6.57. The largest absolute Gasteiger partial charge is 0.496 e. The summed E-state index contributed by atoms with van der Waals surface area (Å²) in [7, 11) is 1.68. The summed E-state index contributed by atoms with van der Waals surface area (Å²) in [5, 5.41) is 2.06. The van der Waals surface area contributed by atoms with Gasteiger partial charge in [0.2, 0.25) is 0 Å². The topological polar surface area (TPSA) is 36.9 Å². The fourth-order valence-electron chi connectivity index (χ4n) is 4.59. The summed E-state index contributed by atoms with van der Waals surface area (Å²) in [6.45, 7) is 16.7. The van der Waals surface area contributed by atoms with Crippen LogP contribution < -0.4 is 14.2 Å². The predicted octanol–water partition coefficient (Wildman–Crippen LogP) is 8.62. The second-order valence-electron chi connectivity index (χ2n) is 11.8. The molecule has 0 aliphatic rings. The van der Waals surface area contributed by atoms with Crippen molar-refractivity contribution in [2.24, 2.45) is 10.8 Å². The smallest absolute Gasteiger partial charge is 0.197 e. The highest BCUT2D eigenvalue weighted by atomic mass is 16.7. The molecule has 4 heteroatoms. The van der Waals surface area contributed by atoms with Gasteiger partial charge in [-0.3, -0.25) is 0 Å². The van der Waals surface area contributed by atoms with Crippen molar-refractivity contribution in [2.75, 3.05) is 20.3 Å². The van der Waals surface area contributed by atoms with Crippen molar-refractivity contribution in [1.29, 1.82) is 0 Å². The standard InChI is InChI=1S/C32H44O4/c1-23(34-21-22-35-30-18-17-29(33-8)26-11-9-10-12-27(26)30)36-25-15-13-24(14-16-25)28(32(5,6)7)19-20-31(2,3)4/h9-18,23,28H,19-22H2,1-8H3. The van der Waals surface area contributed by atoms with Gasteiger partial charge in [-0.25, -0.2) is 0 Å². The molecule has 36 heavy (non-hydrogen) atoms. The highest BCUT2D eigenvalue weighted by molar-refractivity contribution is 5.93. The van der Waals surface area contributed by atoms with Gasteiger partial charge in [-0.15, -0.1) is 0 Å². The lowest BCUT2D eigenvalue weighted by Gasteiger charge is -2.33. The molecule has 2 atom stereocenters. The lowest BCUT2D eigenvalue weighted by atomic mass is 9.72. The molecule has 0 saturated carbocycles. The summed E-state index contributed by atoms with van der Waals surface area (Å²) >= 11 is 0. The molecule has 0 amide bonds. The van der Waals surface area contributed by atoms with Crippen LogP contribution in [0.5, 0.6) is 17.2 Å². The van der Waals surface area contributed by atoms with Gasteiger partial charge in [-0.1, -0.05) is 77.9 Å².